The van der Waals surface area contributed by atoms with Crippen molar-refractivity contribution in [2.45, 2.75) is 64.8 Å². The highest BCUT2D eigenvalue weighted by Crippen LogP contribution is 2.29. The largest absolute Gasteiger partial charge is 0.495 e. The summed E-state index contributed by atoms with van der Waals surface area (Å²) >= 11 is 6.11. The van der Waals surface area contributed by atoms with Crippen LogP contribution in [-0.2, 0) is 0 Å². The van der Waals surface area contributed by atoms with Crippen LogP contribution >= 0.6 is 11.6 Å². The highest BCUT2D eigenvalue weighted by molar-refractivity contribution is 6.32. The fraction of sp³-hybridized carbons (Fsp3) is 0.667. The maximum Gasteiger partial charge on any atom is 0.137 e. The number of unbranched alkanes of at least 4 members (excludes halogenated alkanes) is 5. The standard InChI is InChI=1S/C18H30ClNO/c1-4-6-7-8-9-10-11-17(20-5-2)15-12-13-16(19)18(14-15)21-3/h12-14,17,20H,4-11H2,1-3H3. The summed E-state index contributed by atoms with van der Waals surface area (Å²) in [6.07, 6.45) is 9.17. The van der Waals surface area contributed by atoms with Gasteiger partial charge >= 0.3 is 0 Å². The van der Waals surface area contributed by atoms with Gasteiger partial charge in [-0.1, -0.05) is 70.0 Å². The molecule has 0 aliphatic rings. The lowest BCUT2D eigenvalue weighted by Gasteiger charge is -2.19. The van der Waals surface area contributed by atoms with Crippen molar-refractivity contribution in [1.82, 2.24) is 5.32 Å². The fourth-order valence-electron chi connectivity index (χ4n) is 2.65. The van der Waals surface area contributed by atoms with Crippen molar-refractivity contribution in [3.63, 3.8) is 0 Å². The monoisotopic (exact) mass is 311 g/mol. The Morgan fingerprint density at radius 3 is 2.48 bits per heavy atom. The van der Waals surface area contributed by atoms with Crippen LogP contribution in [0.2, 0.25) is 5.02 Å². The Bertz CT molecular complexity index is 395. The minimum atomic E-state index is 0.396. The van der Waals surface area contributed by atoms with Crippen LogP contribution in [0.1, 0.15) is 70.4 Å². The molecule has 120 valence electrons. The van der Waals surface area contributed by atoms with Gasteiger partial charge in [-0.2, -0.15) is 0 Å². The van der Waals surface area contributed by atoms with Crippen molar-refractivity contribution < 1.29 is 4.74 Å². The molecule has 2 nitrogen and oxygen atoms in total. The third kappa shape index (κ3) is 6.71. The Labute approximate surface area is 135 Å². The number of halogens is 1. The molecular formula is C18H30ClNO. The number of methoxy groups -OCH3 is 1. The van der Waals surface area contributed by atoms with E-state index in [1.54, 1.807) is 7.11 Å². The topological polar surface area (TPSA) is 21.3 Å². The molecule has 0 aliphatic heterocycles. The minimum absolute atomic E-state index is 0.396. The lowest BCUT2D eigenvalue weighted by molar-refractivity contribution is 0.412. The Hall–Kier alpha value is -0.730. The van der Waals surface area contributed by atoms with Crippen LogP contribution in [0.4, 0.5) is 0 Å². The molecule has 0 spiro atoms. The second-order valence-corrected chi connectivity index (χ2v) is 5.97. The van der Waals surface area contributed by atoms with Crippen LogP contribution in [0.15, 0.2) is 18.2 Å². The second-order valence-electron chi connectivity index (χ2n) is 5.56. The van der Waals surface area contributed by atoms with Gasteiger partial charge in [0, 0.05) is 6.04 Å². The Kier molecular flexibility index (Phi) is 9.53. The van der Waals surface area contributed by atoms with Crippen molar-refractivity contribution in [1.29, 1.82) is 0 Å². The SMILES string of the molecule is CCCCCCCCC(NCC)c1ccc(Cl)c(OC)c1. The van der Waals surface area contributed by atoms with Gasteiger partial charge in [-0.15, -0.1) is 0 Å². The van der Waals surface area contributed by atoms with E-state index in [4.69, 9.17) is 16.3 Å². The van der Waals surface area contributed by atoms with Gasteiger partial charge in [0.05, 0.1) is 12.1 Å². The molecule has 3 heteroatoms. The Balaban J connectivity index is 2.52. The minimum Gasteiger partial charge on any atom is -0.495 e. The quantitative estimate of drug-likeness (QED) is 0.525. The molecule has 21 heavy (non-hydrogen) atoms. The van der Waals surface area contributed by atoms with Crippen LogP contribution in [0.25, 0.3) is 0 Å². The van der Waals surface area contributed by atoms with Crippen LogP contribution in [0.5, 0.6) is 5.75 Å². The van der Waals surface area contributed by atoms with Gasteiger partial charge in [0.2, 0.25) is 0 Å². The van der Waals surface area contributed by atoms with Crippen LogP contribution in [0, 0.1) is 0 Å². The summed E-state index contributed by atoms with van der Waals surface area (Å²) in [7, 11) is 1.67. The molecule has 1 unspecified atom stereocenters. The second kappa shape index (κ2) is 10.9. The highest BCUT2D eigenvalue weighted by Gasteiger charge is 2.12. The third-order valence-corrected chi connectivity index (χ3v) is 4.19. The third-order valence-electron chi connectivity index (χ3n) is 3.87. The number of nitrogens with one attached hydrogen (secondary N) is 1. The summed E-state index contributed by atoms with van der Waals surface area (Å²) in [5.74, 6) is 0.764. The van der Waals surface area contributed by atoms with Crippen molar-refractivity contribution in [2.24, 2.45) is 0 Å². The molecule has 0 saturated heterocycles. The molecule has 0 heterocycles. The van der Waals surface area contributed by atoms with Gasteiger partial charge < -0.3 is 10.1 Å². The number of hydrogen-bond donors (Lipinski definition) is 1. The first kappa shape index (κ1) is 18.3. The Morgan fingerprint density at radius 2 is 1.81 bits per heavy atom. The van der Waals surface area contributed by atoms with E-state index in [0.717, 1.165) is 12.3 Å². The summed E-state index contributed by atoms with van der Waals surface area (Å²) in [6.45, 7) is 5.39. The van der Waals surface area contributed by atoms with Crippen molar-refractivity contribution in [2.75, 3.05) is 13.7 Å². The zero-order valence-electron chi connectivity index (χ0n) is 13.8. The molecule has 0 saturated carbocycles. The molecule has 0 aliphatic carbocycles. The maximum absolute atomic E-state index is 6.11. The summed E-state index contributed by atoms with van der Waals surface area (Å²) in [6, 6.07) is 6.50. The molecular weight excluding hydrogens is 282 g/mol. The van der Waals surface area contributed by atoms with Crippen molar-refractivity contribution >= 4 is 11.6 Å². The number of ether oxygens (including phenoxy) is 1. The highest BCUT2D eigenvalue weighted by atomic mass is 35.5. The predicted octanol–water partition coefficient (Wildman–Crippen LogP) is 5.75. The van der Waals surface area contributed by atoms with E-state index in [-0.39, 0.29) is 0 Å². The molecule has 1 N–H and O–H groups in total. The van der Waals surface area contributed by atoms with E-state index >= 15 is 0 Å². The lowest BCUT2D eigenvalue weighted by atomic mass is 9.99. The van der Waals surface area contributed by atoms with Crippen LogP contribution in [-0.4, -0.2) is 13.7 Å². The van der Waals surface area contributed by atoms with E-state index in [1.807, 2.05) is 6.07 Å². The zero-order valence-corrected chi connectivity index (χ0v) is 14.5. The van der Waals surface area contributed by atoms with Gasteiger partial charge in [-0.3, -0.25) is 0 Å². The number of benzene rings is 1. The van der Waals surface area contributed by atoms with Gasteiger partial charge in [0.1, 0.15) is 5.75 Å². The van der Waals surface area contributed by atoms with E-state index < -0.39 is 0 Å². The van der Waals surface area contributed by atoms with E-state index in [1.165, 1.54) is 50.5 Å². The van der Waals surface area contributed by atoms with E-state index in [0.29, 0.717) is 11.1 Å². The van der Waals surface area contributed by atoms with Crippen LogP contribution in [0.3, 0.4) is 0 Å². The number of hydrogen-bond acceptors (Lipinski definition) is 2. The smallest absolute Gasteiger partial charge is 0.137 e. The maximum atomic E-state index is 6.11. The van der Waals surface area contributed by atoms with E-state index in [9.17, 15) is 0 Å². The first-order chi connectivity index (χ1) is 10.2. The fourth-order valence-corrected chi connectivity index (χ4v) is 2.85. The summed E-state index contributed by atoms with van der Waals surface area (Å²) < 4.78 is 5.32. The molecule has 0 bridgehead atoms. The Morgan fingerprint density at radius 1 is 1.10 bits per heavy atom. The normalized spacial score (nSPS) is 12.4. The van der Waals surface area contributed by atoms with Crippen molar-refractivity contribution in [3.8, 4) is 5.75 Å². The summed E-state index contributed by atoms with van der Waals surface area (Å²) in [5, 5.41) is 4.25. The molecule has 0 fully saturated rings. The van der Waals surface area contributed by atoms with Crippen LogP contribution < -0.4 is 10.1 Å². The molecule has 0 radical (unpaired) electrons. The number of rotatable bonds is 11. The molecule has 1 aromatic rings. The van der Waals surface area contributed by atoms with Gasteiger partial charge in [0.25, 0.3) is 0 Å². The van der Waals surface area contributed by atoms with Crippen molar-refractivity contribution in [3.05, 3.63) is 28.8 Å². The average molecular weight is 312 g/mol. The molecule has 0 aromatic heterocycles. The van der Waals surface area contributed by atoms with Gasteiger partial charge in [-0.05, 0) is 30.7 Å². The first-order valence-corrected chi connectivity index (χ1v) is 8.67. The average Bonchev–Trinajstić information content (AvgIpc) is 2.50. The van der Waals surface area contributed by atoms with E-state index in [2.05, 4.69) is 31.3 Å². The molecule has 1 aromatic carbocycles. The predicted molar refractivity (Wildman–Crippen MR) is 92.4 cm³/mol. The van der Waals surface area contributed by atoms with Gasteiger partial charge in [0.15, 0.2) is 0 Å². The molecule has 0 amide bonds. The first-order valence-electron chi connectivity index (χ1n) is 8.29. The molecule has 1 rings (SSSR count). The summed E-state index contributed by atoms with van der Waals surface area (Å²) in [5.41, 5.74) is 1.27. The molecule has 1 atom stereocenters. The summed E-state index contributed by atoms with van der Waals surface area (Å²) in [4.78, 5) is 0. The van der Waals surface area contributed by atoms with Gasteiger partial charge in [-0.25, -0.2) is 0 Å². The lowest BCUT2D eigenvalue weighted by Crippen LogP contribution is -2.20. The zero-order chi connectivity index (χ0) is 15.5.